The lowest BCUT2D eigenvalue weighted by Gasteiger charge is -2.13. The van der Waals surface area contributed by atoms with Gasteiger partial charge in [-0.25, -0.2) is 4.98 Å². The van der Waals surface area contributed by atoms with E-state index in [1.165, 1.54) is 24.5 Å². The minimum Gasteiger partial charge on any atom is -0.493 e. The summed E-state index contributed by atoms with van der Waals surface area (Å²) in [6, 6.07) is 14.4. The number of aromatic nitrogens is 1. The Balaban J connectivity index is 1.74. The van der Waals surface area contributed by atoms with Gasteiger partial charge in [-0.05, 0) is 64.0 Å². The van der Waals surface area contributed by atoms with Crippen molar-refractivity contribution in [3.63, 3.8) is 0 Å². The Morgan fingerprint density at radius 2 is 2.07 bits per heavy atom. The molecule has 0 saturated heterocycles. The quantitative estimate of drug-likeness (QED) is 0.165. The molecule has 10 heteroatoms. The molecule has 0 amide bonds. The van der Waals surface area contributed by atoms with Gasteiger partial charge in [-0.2, -0.15) is 5.10 Å². The highest BCUT2D eigenvalue weighted by Gasteiger charge is 2.14. The summed E-state index contributed by atoms with van der Waals surface area (Å²) in [6.07, 6.45) is 2.98. The number of pyridine rings is 1. The van der Waals surface area contributed by atoms with Crippen molar-refractivity contribution in [3.05, 3.63) is 84.0 Å². The molecular formula is C20H16BrIN4O4. The number of halogens is 2. The molecule has 154 valence electrons. The third kappa shape index (κ3) is 5.66. The van der Waals surface area contributed by atoms with E-state index in [0.717, 1.165) is 19.2 Å². The predicted octanol–water partition coefficient (Wildman–Crippen LogP) is 5.39. The average molecular weight is 583 g/mol. The van der Waals surface area contributed by atoms with Crippen LogP contribution in [0.5, 0.6) is 11.5 Å². The van der Waals surface area contributed by atoms with Crippen molar-refractivity contribution in [2.45, 2.75) is 6.61 Å². The molecule has 3 aromatic rings. The van der Waals surface area contributed by atoms with E-state index in [0.29, 0.717) is 18.1 Å². The summed E-state index contributed by atoms with van der Waals surface area (Å²) < 4.78 is 13.3. The van der Waals surface area contributed by atoms with Gasteiger partial charge in [-0.3, -0.25) is 15.5 Å². The number of rotatable bonds is 8. The second-order valence-electron chi connectivity index (χ2n) is 5.95. The Kier molecular flexibility index (Phi) is 7.57. The highest BCUT2D eigenvalue weighted by atomic mass is 127. The zero-order chi connectivity index (χ0) is 21.5. The van der Waals surface area contributed by atoms with Crippen LogP contribution in [0.4, 0.5) is 11.5 Å². The van der Waals surface area contributed by atoms with Gasteiger partial charge < -0.3 is 9.47 Å². The van der Waals surface area contributed by atoms with Crippen LogP contribution in [-0.4, -0.2) is 23.2 Å². The Hall–Kier alpha value is -2.73. The number of hydrogen-bond donors (Lipinski definition) is 1. The summed E-state index contributed by atoms with van der Waals surface area (Å²) in [7, 11) is 1.56. The summed E-state index contributed by atoms with van der Waals surface area (Å²) in [5, 5.41) is 15.1. The summed E-state index contributed by atoms with van der Waals surface area (Å²) in [4.78, 5) is 14.5. The third-order valence-corrected chi connectivity index (χ3v) is 5.25. The molecule has 0 aliphatic heterocycles. The van der Waals surface area contributed by atoms with E-state index in [4.69, 9.17) is 9.47 Å². The SMILES string of the molecule is COc1cc(/C=N\Nc2ncccc2[N+](=O)[O-])cc(I)c1OCc1ccc(Br)cc1. The van der Waals surface area contributed by atoms with Crippen molar-refractivity contribution in [1.82, 2.24) is 4.98 Å². The van der Waals surface area contributed by atoms with Crippen LogP contribution in [0, 0.1) is 13.7 Å². The Morgan fingerprint density at radius 3 is 2.77 bits per heavy atom. The van der Waals surface area contributed by atoms with Crippen LogP contribution in [0.25, 0.3) is 0 Å². The van der Waals surface area contributed by atoms with Crippen molar-refractivity contribution in [3.8, 4) is 11.5 Å². The van der Waals surface area contributed by atoms with E-state index >= 15 is 0 Å². The Morgan fingerprint density at radius 1 is 1.30 bits per heavy atom. The van der Waals surface area contributed by atoms with Gasteiger partial charge in [0.25, 0.3) is 0 Å². The number of hydrogen-bond acceptors (Lipinski definition) is 7. The molecule has 0 saturated carbocycles. The number of anilines is 1. The highest BCUT2D eigenvalue weighted by molar-refractivity contribution is 14.1. The molecular weight excluding hydrogens is 567 g/mol. The number of nitrogens with zero attached hydrogens (tertiary/aromatic N) is 3. The average Bonchev–Trinajstić information content (AvgIpc) is 2.74. The van der Waals surface area contributed by atoms with Gasteiger partial charge >= 0.3 is 5.69 Å². The summed E-state index contributed by atoms with van der Waals surface area (Å²) in [5.41, 5.74) is 4.21. The summed E-state index contributed by atoms with van der Waals surface area (Å²) in [6.45, 7) is 0.401. The maximum Gasteiger partial charge on any atom is 0.313 e. The second kappa shape index (κ2) is 10.3. The number of methoxy groups -OCH3 is 1. The van der Waals surface area contributed by atoms with Crippen LogP contribution in [0.1, 0.15) is 11.1 Å². The van der Waals surface area contributed by atoms with Crippen molar-refractivity contribution in [1.29, 1.82) is 0 Å². The van der Waals surface area contributed by atoms with Crippen LogP contribution in [-0.2, 0) is 6.61 Å². The van der Waals surface area contributed by atoms with E-state index in [1.54, 1.807) is 13.2 Å². The molecule has 0 spiro atoms. The van der Waals surface area contributed by atoms with E-state index in [-0.39, 0.29) is 11.5 Å². The lowest BCUT2D eigenvalue weighted by atomic mass is 10.2. The zero-order valence-corrected chi connectivity index (χ0v) is 19.5. The van der Waals surface area contributed by atoms with Gasteiger partial charge in [-0.15, -0.1) is 0 Å². The minimum absolute atomic E-state index is 0.0647. The molecule has 2 aromatic carbocycles. The van der Waals surface area contributed by atoms with Crippen LogP contribution < -0.4 is 14.9 Å². The first-order chi connectivity index (χ1) is 14.5. The molecule has 0 radical (unpaired) electrons. The first-order valence-electron chi connectivity index (χ1n) is 8.61. The van der Waals surface area contributed by atoms with Gasteiger partial charge in [0.1, 0.15) is 6.61 Å². The number of ether oxygens (including phenoxy) is 2. The first-order valence-corrected chi connectivity index (χ1v) is 10.5. The molecule has 3 rings (SSSR count). The molecule has 30 heavy (non-hydrogen) atoms. The highest BCUT2D eigenvalue weighted by Crippen LogP contribution is 2.34. The van der Waals surface area contributed by atoms with Crippen LogP contribution in [0.2, 0.25) is 0 Å². The standard InChI is InChI=1S/C20H16BrIN4O4/c1-29-18-10-14(11-24-25-20-17(26(27)28)3-2-8-23-20)9-16(22)19(18)30-12-13-4-6-15(21)7-5-13/h2-11H,12H2,1H3,(H,23,25)/b24-11-. The van der Waals surface area contributed by atoms with Gasteiger partial charge in [0.2, 0.25) is 5.82 Å². The summed E-state index contributed by atoms with van der Waals surface area (Å²) >= 11 is 5.58. The second-order valence-corrected chi connectivity index (χ2v) is 8.03. The van der Waals surface area contributed by atoms with Crippen molar-refractivity contribution in [2.24, 2.45) is 5.10 Å². The Labute approximate surface area is 194 Å². The van der Waals surface area contributed by atoms with Crippen LogP contribution in [0.15, 0.2) is 64.3 Å². The predicted molar refractivity (Wildman–Crippen MR) is 126 cm³/mol. The molecule has 0 aliphatic carbocycles. The number of hydrazone groups is 1. The van der Waals surface area contributed by atoms with E-state index in [1.807, 2.05) is 30.3 Å². The van der Waals surface area contributed by atoms with E-state index in [2.05, 4.69) is 54.0 Å². The lowest BCUT2D eigenvalue weighted by Crippen LogP contribution is -2.01. The zero-order valence-electron chi connectivity index (χ0n) is 15.7. The van der Waals surface area contributed by atoms with Crippen LogP contribution in [0.3, 0.4) is 0 Å². The number of benzene rings is 2. The molecule has 0 unspecified atom stereocenters. The molecule has 1 heterocycles. The molecule has 1 N–H and O–H groups in total. The van der Waals surface area contributed by atoms with Gasteiger partial charge in [0.15, 0.2) is 11.5 Å². The van der Waals surface area contributed by atoms with Crippen molar-refractivity contribution < 1.29 is 14.4 Å². The van der Waals surface area contributed by atoms with Gasteiger partial charge in [0, 0.05) is 16.7 Å². The first kappa shape index (κ1) is 22.0. The molecule has 0 atom stereocenters. The fourth-order valence-corrected chi connectivity index (χ4v) is 3.53. The van der Waals surface area contributed by atoms with Gasteiger partial charge in [0.05, 0.1) is 21.8 Å². The monoisotopic (exact) mass is 582 g/mol. The summed E-state index contributed by atoms with van der Waals surface area (Å²) in [5.74, 6) is 1.26. The molecule has 0 aliphatic rings. The number of nitro groups is 1. The maximum absolute atomic E-state index is 11.0. The smallest absolute Gasteiger partial charge is 0.313 e. The molecule has 8 nitrogen and oxygen atoms in total. The maximum atomic E-state index is 11.0. The topological polar surface area (TPSA) is 98.9 Å². The fourth-order valence-electron chi connectivity index (χ4n) is 2.49. The number of nitrogens with one attached hydrogen (secondary N) is 1. The molecule has 0 fully saturated rings. The normalized spacial score (nSPS) is 10.8. The van der Waals surface area contributed by atoms with Gasteiger partial charge in [-0.1, -0.05) is 28.1 Å². The lowest BCUT2D eigenvalue weighted by molar-refractivity contribution is -0.384. The fraction of sp³-hybridized carbons (Fsp3) is 0.100. The molecule has 0 bridgehead atoms. The van der Waals surface area contributed by atoms with E-state index < -0.39 is 4.92 Å². The third-order valence-electron chi connectivity index (χ3n) is 3.92. The van der Waals surface area contributed by atoms with Crippen molar-refractivity contribution >= 4 is 56.2 Å². The van der Waals surface area contributed by atoms with E-state index in [9.17, 15) is 10.1 Å². The largest absolute Gasteiger partial charge is 0.493 e. The Bertz CT molecular complexity index is 1080. The van der Waals surface area contributed by atoms with Crippen LogP contribution >= 0.6 is 38.5 Å². The minimum atomic E-state index is -0.519. The molecule has 1 aromatic heterocycles. The van der Waals surface area contributed by atoms with Crippen molar-refractivity contribution in [2.75, 3.05) is 12.5 Å².